The fourth-order valence-electron chi connectivity index (χ4n) is 1.87. The van der Waals surface area contributed by atoms with Crippen LogP contribution in [0.1, 0.15) is 22.8 Å². The minimum absolute atomic E-state index is 0.0831. The van der Waals surface area contributed by atoms with Gasteiger partial charge in [-0.25, -0.2) is 5.43 Å². The Labute approximate surface area is 135 Å². The van der Waals surface area contributed by atoms with Gasteiger partial charge >= 0.3 is 0 Å². The number of nitrogens with one attached hydrogen (secondary N) is 1. The van der Waals surface area contributed by atoms with Crippen LogP contribution in [-0.2, 0) is 0 Å². The predicted octanol–water partition coefficient (Wildman–Crippen LogP) is 2.66. The van der Waals surface area contributed by atoms with Crippen molar-refractivity contribution in [1.29, 1.82) is 0 Å². The summed E-state index contributed by atoms with van der Waals surface area (Å²) in [5.41, 5.74) is 2.89. The first kappa shape index (κ1) is 16.7. The highest BCUT2D eigenvalue weighted by molar-refractivity contribution is 6.01. The average molecular weight is 328 g/mol. The Bertz CT molecular complexity index is 847. The average Bonchev–Trinajstić information content (AvgIpc) is 2.59. The van der Waals surface area contributed by atoms with Gasteiger partial charge in [0.05, 0.1) is 15.6 Å². The second-order valence-corrected chi connectivity index (χ2v) is 4.75. The highest BCUT2D eigenvalue weighted by Gasteiger charge is 2.12. The standard InChI is InChI=1S/C15H12N4O5/c1-10(11-4-2-6-13(8-11)18(21)22)16-17-15(20)12-5-3-7-14(9-12)19(23)24/h2-9H,1H3,(H,17,20)/b16-10-. The number of nitrogens with zero attached hydrogens (tertiary/aromatic N) is 3. The first-order valence-electron chi connectivity index (χ1n) is 6.72. The van der Waals surface area contributed by atoms with Crippen LogP contribution in [-0.4, -0.2) is 21.5 Å². The Hall–Kier alpha value is -3.62. The van der Waals surface area contributed by atoms with Gasteiger partial charge in [-0.3, -0.25) is 25.0 Å². The van der Waals surface area contributed by atoms with Crippen molar-refractivity contribution in [3.05, 3.63) is 79.9 Å². The molecule has 0 spiro atoms. The minimum Gasteiger partial charge on any atom is -0.267 e. The summed E-state index contributed by atoms with van der Waals surface area (Å²) in [6.45, 7) is 1.58. The van der Waals surface area contributed by atoms with Crippen LogP contribution in [0, 0.1) is 20.2 Å². The van der Waals surface area contributed by atoms with E-state index in [9.17, 15) is 25.0 Å². The Balaban J connectivity index is 2.16. The third kappa shape index (κ3) is 3.97. The first-order valence-corrected chi connectivity index (χ1v) is 6.72. The number of amides is 1. The van der Waals surface area contributed by atoms with Gasteiger partial charge in [-0.05, 0) is 13.0 Å². The smallest absolute Gasteiger partial charge is 0.267 e. The summed E-state index contributed by atoms with van der Waals surface area (Å²) in [6.07, 6.45) is 0. The molecule has 1 N–H and O–H groups in total. The fraction of sp³-hybridized carbons (Fsp3) is 0.0667. The van der Waals surface area contributed by atoms with Crippen LogP contribution in [0.4, 0.5) is 11.4 Å². The number of rotatable bonds is 5. The normalized spacial score (nSPS) is 11.0. The monoisotopic (exact) mass is 328 g/mol. The highest BCUT2D eigenvalue weighted by atomic mass is 16.6. The van der Waals surface area contributed by atoms with Crippen molar-refractivity contribution in [3.8, 4) is 0 Å². The molecule has 0 aliphatic carbocycles. The Morgan fingerprint density at radius 2 is 1.46 bits per heavy atom. The molecule has 0 unspecified atom stereocenters. The summed E-state index contributed by atoms with van der Waals surface area (Å²) in [5.74, 6) is -0.622. The van der Waals surface area contributed by atoms with E-state index >= 15 is 0 Å². The van der Waals surface area contributed by atoms with E-state index in [0.717, 1.165) is 6.07 Å². The van der Waals surface area contributed by atoms with Gasteiger partial charge in [0, 0.05) is 35.4 Å². The van der Waals surface area contributed by atoms with Gasteiger partial charge in [0.25, 0.3) is 17.3 Å². The van der Waals surface area contributed by atoms with E-state index in [1.165, 1.54) is 36.4 Å². The molecule has 0 bridgehead atoms. The Morgan fingerprint density at radius 3 is 2.00 bits per heavy atom. The largest absolute Gasteiger partial charge is 0.271 e. The molecule has 2 aromatic carbocycles. The topological polar surface area (TPSA) is 128 Å². The summed E-state index contributed by atoms with van der Waals surface area (Å²) < 4.78 is 0. The van der Waals surface area contributed by atoms with Crippen LogP contribution in [0.5, 0.6) is 0 Å². The van der Waals surface area contributed by atoms with Gasteiger partial charge in [-0.15, -0.1) is 0 Å². The van der Waals surface area contributed by atoms with E-state index < -0.39 is 15.8 Å². The molecule has 0 aliphatic heterocycles. The van der Waals surface area contributed by atoms with Gasteiger partial charge in [0.1, 0.15) is 0 Å². The molecule has 0 radical (unpaired) electrons. The van der Waals surface area contributed by atoms with E-state index in [2.05, 4.69) is 10.5 Å². The van der Waals surface area contributed by atoms with Gasteiger partial charge in [0.15, 0.2) is 0 Å². The summed E-state index contributed by atoms with van der Waals surface area (Å²) in [4.78, 5) is 32.3. The second-order valence-electron chi connectivity index (χ2n) is 4.75. The van der Waals surface area contributed by atoms with E-state index in [-0.39, 0.29) is 16.9 Å². The maximum absolute atomic E-state index is 12.0. The molecule has 0 aromatic heterocycles. The summed E-state index contributed by atoms with van der Waals surface area (Å²) in [5, 5.41) is 25.3. The first-order chi connectivity index (χ1) is 11.4. The second kappa shape index (κ2) is 7.09. The number of benzene rings is 2. The van der Waals surface area contributed by atoms with E-state index in [0.29, 0.717) is 11.3 Å². The third-order valence-electron chi connectivity index (χ3n) is 3.12. The van der Waals surface area contributed by atoms with Crippen molar-refractivity contribution >= 4 is 23.0 Å². The fourth-order valence-corrected chi connectivity index (χ4v) is 1.87. The zero-order valence-corrected chi connectivity index (χ0v) is 12.5. The van der Waals surface area contributed by atoms with E-state index in [1.807, 2.05) is 0 Å². The lowest BCUT2D eigenvalue weighted by Crippen LogP contribution is -2.19. The van der Waals surface area contributed by atoms with E-state index in [4.69, 9.17) is 0 Å². The van der Waals surface area contributed by atoms with Crippen LogP contribution in [0.25, 0.3) is 0 Å². The van der Waals surface area contributed by atoms with Crippen molar-refractivity contribution in [3.63, 3.8) is 0 Å². The van der Waals surface area contributed by atoms with Gasteiger partial charge in [-0.2, -0.15) is 5.10 Å². The number of nitro groups is 2. The van der Waals surface area contributed by atoms with Crippen molar-refractivity contribution in [2.24, 2.45) is 5.10 Å². The van der Waals surface area contributed by atoms with Crippen LogP contribution in [0.2, 0.25) is 0 Å². The molecular formula is C15H12N4O5. The zero-order valence-electron chi connectivity index (χ0n) is 12.5. The molecular weight excluding hydrogens is 316 g/mol. The number of nitro benzene ring substituents is 2. The molecule has 0 atom stereocenters. The molecule has 2 rings (SSSR count). The molecule has 0 saturated carbocycles. The Kier molecular flexibility index (Phi) is 4.95. The molecule has 0 saturated heterocycles. The molecule has 0 fully saturated rings. The number of carbonyl (C=O) groups excluding carboxylic acids is 1. The van der Waals surface area contributed by atoms with Crippen LogP contribution in [0.3, 0.4) is 0 Å². The van der Waals surface area contributed by atoms with Gasteiger partial charge in [0.2, 0.25) is 0 Å². The number of non-ortho nitro benzene ring substituents is 2. The summed E-state index contributed by atoms with van der Waals surface area (Å²) in [6, 6.07) is 11.0. The van der Waals surface area contributed by atoms with Crippen molar-refractivity contribution < 1.29 is 14.6 Å². The van der Waals surface area contributed by atoms with Gasteiger partial charge < -0.3 is 0 Å². The number of hydrogen-bond acceptors (Lipinski definition) is 6. The molecule has 0 aliphatic rings. The van der Waals surface area contributed by atoms with Crippen molar-refractivity contribution in [1.82, 2.24) is 5.43 Å². The summed E-state index contributed by atoms with van der Waals surface area (Å²) >= 11 is 0. The number of hydrazone groups is 1. The maximum Gasteiger partial charge on any atom is 0.271 e. The van der Waals surface area contributed by atoms with E-state index in [1.54, 1.807) is 13.0 Å². The van der Waals surface area contributed by atoms with Crippen molar-refractivity contribution in [2.45, 2.75) is 6.92 Å². The minimum atomic E-state index is -0.622. The lowest BCUT2D eigenvalue weighted by atomic mass is 10.1. The van der Waals surface area contributed by atoms with Crippen molar-refractivity contribution in [2.75, 3.05) is 0 Å². The molecule has 9 nitrogen and oxygen atoms in total. The molecule has 24 heavy (non-hydrogen) atoms. The molecule has 1 amide bonds. The van der Waals surface area contributed by atoms with Crippen LogP contribution < -0.4 is 5.43 Å². The quantitative estimate of drug-likeness (QED) is 0.512. The molecule has 122 valence electrons. The summed E-state index contributed by atoms with van der Waals surface area (Å²) in [7, 11) is 0. The molecule has 0 heterocycles. The van der Waals surface area contributed by atoms with Gasteiger partial charge in [-0.1, -0.05) is 18.2 Å². The lowest BCUT2D eigenvalue weighted by Gasteiger charge is -2.03. The maximum atomic E-state index is 12.0. The molecule has 9 heteroatoms. The lowest BCUT2D eigenvalue weighted by molar-refractivity contribution is -0.385. The number of carbonyl (C=O) groups is 1. The SMILES string of the molecule is C/C(=N/NC(=O)c1cccc([N+](=O)[O-])c1)c1cccc([N+](=O)[O-])c1. The third-order valence-corrected chi connectivity index (χ3v) is 3.12. The Morgan fingerprint density at radius 1 is 0.958 bits per heavy atom. The highest BCUT2D eigenvalue weighted by Crippen LogP contribution is 2.14. The van der Waals surface area contributed by atoms with Crippen LogP contribution in [0.15, 0.2) is 53.6 Å². The predicted molar refractivity (Wildman–Crippen MR) is 85.9 cm³/mol. The molecule has 2 aromatic rings. The number of hydrogen-bond donors (Lipinski definition) is 1. The zero-order chi connectivity index (χ0) is 17.7. The van der Waals surface area contributed by atoms with Crippen LogP contribution >= 0.6 is 0 Å².